The highest BCUT2D eigenvalue weighted by atomic mass is 16.5. The van der Waals surface area contributed by atoms with Crippen LogP contribution in [-0.2, 0) is 4.74 Å². The maximum atomic E-state index is 11.4. The molecule has 1 atom stereocenters. The van der Waals surface area contributed by atoms with Crippen molar-refractivity contribution in [3.8, 4) is 0 Å². The van der Waals surface area contributed by atoms with Gasteiger partial charge < -0.3 is 15.8 Å². The van der Waals surface area contributed by atoms with Crippen molar-refractivity contribution in [2.75, 3.05) is 18.2 Å². The Balaban J connectivity index is 2.73. The molecule has 0 radical (unpaired) electrons. The molecular formula is C14H23N3O2. The summed E-state index contributed by atoms with van der Waals surface area (Å²) in [6, 6.07) is 3.48. The topological polar surface area (TPSA) is 77.2 Å². The van der Waals surface area contributed by atoms with Gasteiger partial charge in [0.2, 0.25) is 0 Å². The quantitative estimate of drug-likeness (QED) is 0.773. The summed E-state index contributed by atoms with van der Waals surface area (Å²) < 4.78 is 4.65. The highest BCUT2D eigenvalue weighted by Gasteiger charge is 2.12. The van der Waals surface area contributed by atoms with Crippen LogP contribution in [0.3, 0.4) is 0 Å². The number of pyridine rings is 1. The first-order valence-corrected chi connectivity index (χ1v) is 6.55. The summed E-state index contributed by atoms with van der Waals surface area (Å²) in [6.07, 6.45) is 2.16. The Morgan fingerprint density at radius 3 is 2.63 bits per heavy atom. The molecule has 106 valence electrons. The lowest BCUT2D eigenvalue weighted by atomic mass is 10.0. The van der Waals surface area contributed by atoms with E-state index in [4.69, 9.17) is 5.73 Å². The first-order valence-electron chi connectivity index (χ1n) is 6.55. The third kappa shape index (κ3) is 4.77. The van der Waals surface area contributed by atoms with E-state index in [2.05, 4.69) is 35.8 Å². The largest absolute Gasteiger partial charge is 0.464 e. The number of rotatable bonds is 6. The number of methoxy groups -OCH3 is 1. The minimum Gasteiger partial charge on any atom is -0.464 e. The Labute approximate surface area is 114 Å². The molecule has 0 aromatic carbocycles. The summed E-state index contributed by atoms with van der Waals surface area (Å²) in [4.78, 5) is 15.6. The van der Waals surface area contributed by atoms with E-state index in [0.717, 1.165) is 12.8 Å². The lowest BCUT2D eigenvalue weighted by Crippen LogP contribution is -2.19. The Kier molecular flexibility index (Phi) is 5.60. The summed E-state index contributed by atoms with van der Waals surface area (Å²) in [5.74, 6) is 0.744. The van der Waals surface area contributed by atoms with Crippen molar-refractivity contribution in [2.45, 2.75) is 39.7 Å². The van der Waals surface area contributed by atoms with Gasteiger partial charge >= 0.3 is 5.97 Å². The predicted molar refractivity (Wildman–Crippen MR) is 77.1 cm³/mol. The number of nitrogens with one attached hydrogen (secondary N) is 1. The normalized spacial score (nSPS) is 12.3. The van der Waals surface area contributed by atoms with Crippen molar-refractivity contribution in [3.05, 3.63) is 17.8 Å². The molecule has 0 aliphatic heterocycles. The molecule has 5 heteroatoms. The van der Waals surface area contributed by atoms with Crippen molar-refractivity contribution in [2.24, 2.45) is 5.92 Å². The standard InChI is InChI=1S/C14H23N3O2/c1-9(2)5-6-10(3)16-13-11(15)7-8-12(17-13)14(18)19-4/h7-10H,5-6,15H2,1-4H3,(H,16,17). The number of anilines is 2. The monoisotopic (exact) mass is 265 g/mol. The molecule has 3 N–H and O–H groups in total. The Bertz CT molecular complexity index is 433. The van der Waals surface area contributed by atoms with Crippen LogP contribution >= 0.6 is 0 Å². The van der Waals surface area contributed by atoms with Gasteiger partial charge in [-0.1, -0.05) is 13.8 Å². The van der Waals surface area contributed by atoms with Crippen LogP contribution in [0, 0.1) is 5.92 Å². The summed E-state index contributed by atoms with van der Waals surface area (Å²) in [5, 5.41) is 3.24. The van der Waals surface area contributed by atoms with Gasteiger partial charge in [-0.3, -0.25) is 0 Å². The molecule has 1 heterocycles. The van der Waals surface area contributed by atoms with E-state index in [9.17, 15) is 4.79 Å². The molecule has 0 spiro atoms. The average Bonchev–Trinajstić information content (AvgIpc) is 2.38. The molecule has 5 nitrogen and oxygen atoms in total. The van der Waals surface area contributed by atoms with E-state index in [-0.39, 0.29) is 11.7 Å². The number of carbonyl (C=O) groups excluding carboxylic acids is 1. The van der Waals surface area contributed by atoms with Crippen LogP contribution in [0.2, 0.25) is 0 Å². The fraction of sp³-hybridized carbons (Fsp3) is 0.571. The van der Waals surface area contributed by atoms with Gasteiger partial charge in [-0.15, -0.1) is 0 Å². The summed E-state index contributed by atoms with van der Waals surface area (Å²) in [7, 11) is 1.33. The van der Waals surface area contributed by atoms with E-state index in [1.807, 2.05) is 0 Å². The van der Waals surface area contributed by atoms with E-state index in [1.165, 1.54) is 7.11 Å². The Hall–Kier alpha value is -1.78. The summed E-state index contributed by atoms with van der Waals surface area (Å²) >= 11 is 0. The predicted octanol–water partition coefficient (Wildman–Crippen LogP) is 2.69. The molecule has 1 unspecified atom stereocenters. The fourth-order valence-electron chi connectivity index (χ4n) is 1.69. The number of nitrogens with zero attached hydrogens (tertiary/aromatic N) is 1. The second-order valence-electron chi connectivity index (χ2n) is 5.14. The number of nitrogens with two attached hydrogens (primary N) is 1. The maximum absolute atomic E-state index is 11.4. The molecule has 1 aromatic heterocycles. The van der Waals surface area contributed by atoms with Crippen molar-refractivity contribution in [1.29, 1.82) is 0 Å². The highest BCUT2D eigenvalue weighted by molar-refractivity contribution is 5.88. The molecule has 1 rings (SSSR count). The minimum absolute atomic E-state index is 0.255. The van der Waals surface area contributed by atoms with Gasteiger partial charge in [0.25, 0.3) is 0 Å². The lowest BCUT2D eigenvalue weighted by Gasteiger charge is -2.17. The molecular weight excluding hydrogens is 242 g/mol. The molecule has 0 saturated carbocycles. The van der Waals surface area contributed by atoms with E-state index >= 15 is 0 Å². The van der Waals surface area contributed by atoms with Crippen LogP contribution in [0.4, 0.5) is 11.5 Å². The smallest absolute Gasteiger partial charge is 0.356 e. The van der Waals surface area contributed by atoms with E-state index < -0.39 is 5.97 Å². The van der Waals surface area contributed by atoms with E-state index in [1.54, 1.807) is 12.1 Å². The minimum atomic E-state index is -0.460. The van der Waals surface area contributed by atoms with Gasteiger partial charge in [0.05, 0.1) is 12.8 Å². The van der Waals surface area contributed by atoms with Crippen molar-refractivity contribution in [1.82, 2.24) is 4.98 Å². The number of aromatic nitrogens is 1. The highest BCUT2D eigenvalue weighted by Crippen LogP contribution is 2.19. The zero-order valence-corrected chi connectivity index (χ0v) is 12.1. The lowest BCUT2D eigenvalue weighted by molar-refractivity contribution is 0.0594. The number of carbonyl (C=O) groups is 1. The van der Waals surface area contributed by atoms with Gasteiger partial charge in [-0.05, 0) is 37.8 Å². The van der Waals surface area contributed by atoms with Crippen LogP contribution in [0.15, 0.2) is 12.1 Å². The second kappa shape index (κ2) is 6.97. The first kappa shape index (κ1) is 15.3. The zero-order chi connectivity index (χ0) is 14.4. The number of ether oxygens (including phenoxy) is 1. The number of hydrogen-bond donors (Lipinski definition) is 2. The van der Waals surface area contributed by atoms with Crippen molar-refractivity contribution in [3.63, 3.8) is 0 Å². The third-order valence-electron chi connectivity index (χ3n) is 2.88. The second-order valence-corrected chi connectivity index (χ2v) is 5.14. The van der Waals surface area contributed by atoms with Gasteiger partial charge in [-0.2, -0.15) is 0 Å². The van der Waals surface area contributed by atoms with Crippen LogP contribution in [-0.4, -0.2) is 24.1 Å². The molecule has 19 heavy (non-hydrogen) atoms. The van der Waals surface area contributed by atoms with Crippen LogP contribution in [0.25, 0.3) is 0 Å². The molecule has 0 amide bonds. The molecule has 0 aliphatic carbocycles. The SMILES string of the molecule is COC(=O)c1ccc(N)c(NC(C)CCC(C)C)n1. The van der Waals surface area contributed by atoms with Gasteiger partial charge in [0.15, 0.2) is 5.69 Å². The van der Waals surface area contributed by atoms with Crippen LogP contribution in [0.5, 0.6) is 0 Å². The van der Waals surface area contributed by atoms with Crippen LogP contribution < -0.4 is 11.1 Å². The van der Waals surface area contributed by atoms with E-state index in [0.29, 0.717) is 17.4 Å². The molecule has 0 fully saturated rings. The van der Waals surface area contributed by atoms with Crippen molar-refractivity contribution < 1.29 is 9.53 Å². The van der Waals surface area contributed by atoms with Crippen molar-refractivity contribution >= 4 is 17.5 Å². The zero-order valence-electron chi connectivity index (χ0n) is 12.1. The first-order chi connectivity index (χ1) is 8.93. The number of nitrogen functional groups attached to an aromatic ring is 1. The van der Waals surface area contributed by atoms with Gasteiger partial charge in [-0.25, -0.2) is 9.78 Å². The molecule has 0 aliphatic rings. The third-order valence-corrected chi connectivity index (χ3v) is 2.88. The van der Waals surface area contributed by atoms with Gasteiger partial charge in [0.1, 0.15) is 5.82 Å². The van der Waals surface area contributed by atoms with Gasteiger partial charge in [0, 0.05) is 6.04 Å². The molecule has 0 saturated heterocycles. The number of hydrogen-bond acceptors (Lipinski definition) is 5. The fourth-order valence-corrected chi connectivity index (χ4v) is 1.69. The Morgan fingerprint density at radius 1 is 1.37 bits per heavy atom. The average molecular weight is 265 g/mol. The molecule has 0 bridgehead atoms. The Morgan fingerprint density at radius 2 is 2.05 bits per heavy atom. The van der Waals surface area contributed by atoms with Crippen LogP contribution in [0.1, 0.15) is 44.1 Å². The number of esters is 1. The summed E-state index contributed by atoms with van der Waals surface area (Å²) in [5.41, 5.74) is 6.65. The maximum Gasteiger partial charge on any atom is 0.356 e. The summed E-state index contributed by atoms with van der Waals surface area (Å²) in [6.45, 7) is 6.46. The molecule has 1 aromatic rings.